The number of nitrogens with zero attached hydrogens (tertiary/aromatic N) is 1. The van der Waals surface area contributed by atoms with Gasteiger partial charge in [-0.15, -0.1) is 0 Å². The fraction of sp³-hybridized carbons (Fsp3) is 0.182. The van der Waals surface area contributed by atoms with Crippen molar-refractivity contribution in [3.8, 4) is 11.5 Å². The van der Waals surface area contributed by atoms with Crippen LogP contribution >= 0.6 is 0 Å². The van der Waals surface area contributed by atoms with E-state index < -0.39 is 51.1 Å². The minimum Gasteiger partial charge on any atom is -0.496 e. The first-order valence-electron chi connectivity index (χ1n) is 13.8. The van der Waals surface area contributed by atoms with Gasteiger partial charge in [-0.25, -0.2) is 8.42 Å². The molecule has 4 aromatic rings. The number of aliphatic hydroxyl groups excluding tert-OH is 1. The summed E-state index contributed by atoms with van der Waals surface area (Å²) in [6.07, 6.45) is -6.56. The summed E-state index contributed by atoms with van der Waals surface area (Å²) in [5.41, 5.74) is -1.69. The summed E-state index contributed by atoms with van der Waals surface area (Å²) < 4.78 is 119. The Bertz CT molecular complexity index is 1960. The third-order valence-corrected chi connectivity index (χ3v) is 8.42. The Balaban J connectivity index is 1.80. The zero-order chi connectivity index (χ0) is 35.4. The molecule has 48 heavy (non-hydrogen) atoms. The first-order chi connectivity index (χ1) is 22.5. The van der Waals surface area contributed by atoms with Crippen LogP contribution in [0.15, 0.2) is 102 Å². The molecule has 0 saturated carbocycles. The van der Waals surface area contributed by atoms with Crippen LogP contribution < -0.4 is 14.2 Å². The first kappa shape index (κ1) is 35.8. The quantitative estimate of drug-likeness (QED) is 0.0748. The number of hydrogen-bond acceptors (Lipinski definition) is 6. The molecule has 0 bridgehead atoms. The summed E-state index contributed by atoms with van der Waals surface area (Å²) in [6, 6.07) is 13.5. The molecular weight excluding hydrogens is 666 g/mol. The lowest BCUT2D eigenvalue weighted by atomic mass is 10.0. The van der Waals surface area contributed by atoms with Gasteiger partial charge in [0.1, 0.15) is 17.6 Å². The minimum atomic E-state index is -4.72. The molecule has 0 saturated heterocycles. The molecule has 0 aliphatic heterocycles. The van der Waals surface area contributed by atoms with Crippen LogP contribution in [-0.2, 0) is 22.4 Å². The molecule has 0 spiro atoms. The summed E-state index contributed by atoms with van der Waals surface area (Å²) in [7, 11) is -1.89. The van der Waals surface area contributed by atoms with Gasteiger partial charge in [0.15, 0.2) is 5.78 Å². The Hall–Kier alpha value is -5.02. The molecule has 3 aromatic carbocycles. The number of sulfonamides is 1. The highest BCUT2D eigenvalue weighted by atomic mass is 32.2. The topological polar surface area (TPSA) is 107 Å². The third-order valence-electron chi connectivity index (χ3n) is 7.08. The summed E-state index contributed by atoms with van der Waals surface area (Å²) in [4.78, 5) is 13.4. The van der Waals surface area contributed by atoms with Crippen molar-refractivity contribution in [3.63, 3.8) is 0 Å². The van der Waals surface area contributed by atoms with Gasteiger partial charge in [-0.2, -0.15) is 26.3 Å². The van der Waals surface area contributed by atoms with Crippen LogP contribution in [0.4, 0.5) is 26.3 Å². The van der Waals surface area contributed by atoms with Gasteiger partial charge >= 0.3 is 12.4 Å². The number of ether oxygens (including phenoxy) is 2. The van der Waals surface area contributed by atoms with Gasteiger partial charge < -0.3 is 19.1 Å². The second kappa shape index (κ2) is 14.0. The second-order valence-corrected chi connectivity index (χ2v) is 12.0. The smallest absolute Gasteiger partial charge is 0.416 e. The van der Waals surface area contributed by atoms with Crippen molar-refractivity contribution in [1.29, 1.82) is 0 Å². The largest absolute Gasteiger partial charge is 0.496 e. The molecule has 254 valence electrons. The number of rotatable bonds is 11. The SMILES string of the molecule is COc1cc(C(F)(F)F)ccc1C(=O)/C=C(/C=C\NS(=O)(=O)c1ccc(C)cc1)n1cccc1C(O)c1ccc(C(F)(F)F)cc1OC. The van der Waals surface area contributed by atoms with Crippen molar-refractivity contribution in [2.45, 2.75) is 30.3 Å². The van der Waals surface area contributed by atoms with Crippen molar-refractivity contribution in [2.24, 2.45) is 0 Å². The number of aromatic nitrogens is 1. The molecule has 4 rings (SSSR count). The fourth-order valence-electron chi connectivity index (χ4n) is 4.60. The van der Waals surface area contributed by atoms with E-state index in [9.17, 15) is 44.7 Å². The number of aliphatic hydroxyl groups is 1. The highest BCUT2D eigenvalue weighted by molar-refractivity contribution is 7.89. The van der Waals surface area contributed by atoms with E-state index in [4.69, 9.17) is 9.47 Å². The maximum atomic E-state index is 13.5. The third kappa shape index (κ3) is 8.09. The van der Waals surface area contributed by atoms with Gasteiger partial charge in [0.2, 0.25) is 0 Å². The molecule has 0 radical (unpaired) electrons. The van der Waals surface area contributed by atoms with E-state index in [0.717, 1.165) is 56.3 Å². The van der Waals surface area contributed by atoms with Gasteiger partial charge in [0.05, 0.1) is 47.2 Å². The molecule has 0 aliphatic carbocycles. The minimum absolute atomic E-state index is 0.0116. The summed E-state index contributed by atoms with van der Waals surface area (Å²) >= 11 is 0. The summed E-state index contributed by atoms with van der Waals surface area (Å²) in [6.45, 7) is 1.77. The summed E-state index contributed by atoms with van der Waals surface area (Å²) in [5.74, 6) is -1.54. The van der Waals surface area contributed by atoms with Crippen LogP contribution in [0.3, 0.4) is 0 Å². The van der Waals surface area contributed by atoms with Gasteiger partial charge in [0.25, 0.3) is 10.0 Å². The van der Waals surface area contributed by atoms with E-state index in [1.807, 2.05) is 0 Å². The Labute approximate surface area is 271 Å². The lowest BCUT2D eigenvalue weighted by Gasteiger charge is -2.19. The van der Waals surface area contributed by atoms with Crippen LogP contribution in [-0.4, -0.2) is 38.1 Å². The Morgan fingerprint density at radius 1 is 0.875 bits per heavy atom. The number of nitrogens with one attached hydrogen (secondary N) is 1. The zero-order valence-corrected chi connectivity index (χ0v) is 26.2. The zero-order valence-electron chi connectivity index (χ0n) is 25.4. The Kier molecular flexibility index (Phi) is 10.4. The van der Waals surface area contributed by atoms with E-state index in [0.29, 0.717) is 18.2 Å². The van der Waals surface area contributed by atoms with Crippen molar-refractivity contribution in [3.05, 3.63) is 131 Å². The van der Waals surface area contributed by atoms with Gasteiger partial charge in [-0.3, -0.25) is 9.52 Å². The Morgan fingerprint density at radius 3 is 2.04 bits per heavy atom. The molecule has 1 aromatic heterocycles. The number of halogens is 6. The molecule has 1 unspecified atom stereocenters. The number of benzene rings is 3. The van der Waals surface area contributed by atoms with Crippen LogP contribution in [0.2, 0.25) is 0 Å². The summed E-state index contributed by atoms with van der Waals surface area (Å²) in [5, 5.41) is 11.3. The van der Waals surface area contributed by atoms with E-state index in [1.54, 1.807) is 19.1 Å². The van der Waals surface area contributed by atoms with Crippen LogP contribution in [0.1, 0.15) is 44.4 Å². The lowest BCUT2D eigenvalue weighted by Crippen LogP contribution is -2.18. The molecule has 2 N–H and O–H groups in total. The molecule has 0 aliphatic rings. The number of hydrogen-bond donors (Lipinski definition) is 2. The highest BCUT2D eigenvalue weighted by Gasteiger charge is 2.33. The van der Waals surface area contributed by atoms with Crippen molar-refractivity contribution in [2.75, 3.05) is 14.2 Å². The fourth-order valence-corrected chi connectivity index (χ4v) is 5.48. The molecule has 0 fully saturated rings. The number of carbonyl (C=O) groups excluding carboxylic acids is 1. The molecule has 0 amide bonds. The number of methoxy groups -OCH3 is 2. The standard InChI is InChI=1S/C33H28F6N2O6S/c1-20-6-10-24(11-7-20)48(44,45)40-15-14-23(19-28(42)25-12-8-21(32(34,35)36)17-29(25)46-2)41-16-4-5-27(41)31(43)26-13-9-22(33(37,38)39)18-30(26)47-3/h4-19,31,40,43H,1-3H3/b15-14-,23-19-. The normalized spacial score (nSPS) is 13.4. The molecular formula is C33H28F6N2O6S. The second-order valence-electron chi connectivity index (χ2n) is 10.3. The average Bonchev–Trinajstić information content (AvgIpc) is 3.52. The monoisotopic (exact) mass is 694 g/mol. The van der Waals surface area contributed by atoms with Crippen LogP contribution in [0.5, 0.6) is 11.5 Å². The molecule has 15 heteroatoms. The van der Waals surface area contributed by atoms with Gasteiger partial charge in [-0.1, -0.05) is 23.8 Å². The lowest BCUT2D eigenvalue weighted by molar-refractivity contribution is -0.138. The average molecular weight is 695 g/mol. The predicted molar refractivity (Wildman–Crippen MR) is 164 cm³/mol. The molecule has 1 atom stereocenters. The maximum absolute atomic E-state index is 13.5. The van der Waals surface area contributed by atoms with Crippen LogP contribution in [0, 0.1) is 6.92 Å². The number of allylic oxidation sites excluding steroid dienone is 3. The first-order valence-corrected chi connectivity index (χ1v) is 15.3. The van der Waals surface area contributed by atoms with Crippen molar-refractivity contribution < 1.29 is 54.1 Å². The number of aryl methyl sites for hydroxylation is 1. The van der Waals surface area contributed by atoms with Crippen LogP contribution in [0.25, 0.3) is 5.70 Å². The van der Waals surface area contributed by atoms with E-state index in [-0.39, 0.29) is 33.2 Å². The highest BCUT2D eigenvalue weighted by Crippen LogP contribution is 2.38. The number of alkyl halides is 6. The predicted octanol–water partition coefficient (Wildman–Crippen LogP) is 7.15. The van der Waals surface area contributed by atoms with Gasteiger partial charge in [0, 0.05) is 24.0 Å². The van der Waals surface area contributed by atoms with Crippen molar-refractivity contribution in [1.82, 2.24) is 9.29 Å². The van der Waals surface area contributed by atoms with Gasteiger partial charge in [-0.05, 0) is 67.6 Å². The number of carbonyl (C=O) groups is 1. The molecule has 8 nitrogen and oxygen atoms in total. The van der Waals surface area contributed by atoms with E-state index >= 15 is 0 Å². The Morgan fingerprint density at radius 2 is 1.46 bits per heavy atom. The van der Waals surface area contributed by atoms with E-state index in [1.165, 1.54) is 35.0 Å². The number of ketones is 1. The molecule has 1 heterocycles. The van der Waals surface area contributed by atoms with E-state index in [2.05, 4.69) is 4.72 Å². The van der Waals surface area contributed by atoms with Crippen molar-refractivity contribution >= 4 is 21.5 Å². The maximum Gasteiger partial charge on any atom is 0.416 e.